The Bertz CT molecular complexity index is 341. The summed E-state index contributed by atoms with van der Waals surface area (Å²) in [7, 11) is 0. The van der Waals surface area contributed by atoms with Gasteiger partial charge in [-0.25, -0.2) is 4.39 Å². The zero-order chi connectivity index (χ0) is 13.2. The summed E-state index contributed by atoms with van der Waals surface area (Å²) in [6.45, 7) is 2.83. The fourth-order valence-electron chi connectivity index (χ4n) is 1.87. The van der Waals surface area contributed by atoms with E-state index in [1.807, 2.05) is 0 Å². The predicted octanol–water partition coefficient (Wildman–Crippen LogP) is 4.54. The van der Waals surface area contributed by atoms with E-state index in [0.29, 0.717) is 18.0 Å². The van der Waals surface area contributed by atoms with Crippen molar-refractivity contribution in [1.29, 1.82) is 0 Å². The van der Waals surface area contributed by atoms with E-state index < -0.39 is 0 Å². The molecule has 0 aliphatic rings. The van der Waals surface area contributed by atoms with Crippen LogP contribution >= 0.6 is 0 Å². The summed E-state index contributed by atoms with van der Waals surface area (Å²) in [6.07, 6.45) is 8.66. The molecule has 0 saturated heterocycles. The number of hydrogen-bond acceptors (Lipinski definition) is 2. The molecule has 0 amide bonds. The van der Waals surface area contributed by atoms with E-state index in [4.69, 9.17) is 10.5 Å². The summed E-state index contributed by atoms with van der Waals surface area (Å²) < 4.78 is 18.4. The third-order valence-corrected chi connectivity index (χ3v) is 2.98. The molecule has 1 aromatic carbocycles. The van der Waals surface area contributed by atoms with Crippen molar-refractivity contribution in [3.8, 4) is 5.75 Å². The molecule has 0 spiro atoms. The summed E-state index contributed by atoms with van der Waals surface area (Å²) in [5.74, 6) is 0.153. The summed E-state index contributed by atoms with van der Waals surface area (Å²) in [6, 6.07) is 4.22. The molecule has 0 aromatic heterocycles. The average Bonchev–Trinajstić information content (AvgIpc) is 2.36. The van der Waals surface area contributed by atoms with E-state index in [0.717, 1.165) is 6.42 Å². The lowest BCUT2D eigenvalue weighted by Gasteiger charge is -2.08. The van der Waals surface area contributed by atoms with Gasteiger partial charge in [-0.3, -0.25) is 0 Å². The van der Waals surface area contributed by atoms with Crippen LogP contribution in [-0.2, 0) is 0 Å². The van der Waals surface area contributed by atoms with E-state index in [-0.39, 0.29) is 5.82 Å². The first-order chi connectivity index (χ1) is 8.74. The maximum Gasteiger partial charge on any atom is 0.145 e. The third kappa shape index (κ3) is 5.89. The molecule has 2 N–H and O–H groups in total. The Kier molecular flexibility index (Phi) is 7.23. The van der Waals surface area contributed by atoms with E-state index in [9.17, 15) is 4.39 Å². The highest BCUT2D eigenvalue weighted by molar-refractivity contribution is 5.52. The molecular formula is C15H24FNO. The molecule has 102 valence electrons. The van der Waals surface area contributed by atoms with Crippen LogP contribution in [0.15, 0.2) is 18.2 Å². The highest BCUT2D eigenvalue weighted by atomic mass is 19.1. The van der Waals surface area contributed by atoms with Gasteiger partial charge < -0.3 is 10.5 Å². The second-order valence-electron chi connectivity index (χ2n) is 4.65. The molecule has 0 unspecified atom stereocenters. The van der Waals surface area contributed by atoms with E-state index >= 15 is 0 Å². The molecule has 0 bridgehead atoms. The number of unbranched alkanes of at least 4 members (excludes halogenated alkanes) is 6. The molecule has 3 heteroatoms. The van der Waals surface area contributed by atoms with Crippen LogP contribution in [-0.4, -0.2) is 6.61 Å². The van der Waals surface area contributed by atoms with E-state index in [2.05, 4.69) is 6.92 Å². The largest absolute Gasteiger partial charge is 0.491 e. The van der Waals surface area contributed by atoms with Gasteiger partial charge in [0.05, 0.1) is 12.3 Å². The molecule has 0 atom stereocenters. The lowest BCUT2D eigenvalue weighted by atomic mass is 10.1. The van der Waals surface area contributed by atoms with E-state index in [1.54, 1.807) is 0 Å². The highest BCUT2D eigenvalue weighted by Crippen LogP contribution is 2.22. The third-order valence-electron chi connectivity index (χ3n) is 2.98. The maximum absolute atomic E-state index is 13.0. The van der Waals surface area contributed by atoms with Gasteiger partial charge in [0.25, 0.3) is 0 Å². The SMILES string of the molecule is CCCCCCCCCOc1cc(F)ccc1N. The van der Waals surface area contributed by atoms with Crippen molar-refractivity contribution in [3.63, 3.8) is 0 Å². The fraction of sp³-hybridized carbons (Fsp3) is 0.600. The summed E-state index contributed by atoms with van der Waals surface area (Å²) in [5, 5.41) is 0. The van der Waals surface area contributed by atoms with Gasteiger partial charge in [-0.1, -0.05) is 45.4 Å². The van der Waals surface area contributed by atoms with Crippen LogP contribution in [0, 0.1) is 5.82 Å². The van der Waals surface area contributed by atoms with Crippen LogP contribution in [0.4, 0.5) is 10.1 Å². The number of anilines is 1. The molecule has 0 saturated carbocycles. The van der Waals surface area contributed by atoms with Gasteiger partial charge in [0.1, 0.15) is 11.6 Å². The Morgan fingerprint density at radius 2 is 1.72 bits per heavy atom. The number of halogens is 1. The number of ether oxygens (including phenoxy) is 1. The second-order valence-corrected chi connectivity index (χ2v) is 4.65. The van der Waals surface area contributed by atoms with Crippen LogP contribution < -0.4 is 10.5 Å². The minimum atomic E-state index is -0.307. The average molecular weight is 253 g/mol. The van der Waals surface area contributed by atoms with Gasteiger partial charge in [-0.2, -0.15) is 0 Å². The number of benzene rings is 1. The number of rotatable bonds is 9. The molecule has 1 aromatic rings. The highest BCUT2D eigenvalue weighted by Gasteiger charge is 2.01. The van der Waals surface area contributed by atoms with Gasteiger partial charge in [0.2, 0.25) is 0 Å². The molecule has 0 aliphatic carbocycles. The topological polar surface area (TPSA) is 35.2 Å². The lowest BCUT2D eigenvalue weighted by Crippen LogP contribution is -2.00. The van der Waals surface area contributed by atoms with Crippen LogP contribution in [0.2, 0.25) is 0 Å². The number of hydrogen-bond donors (Lipinski definition) is 1. The monoisotopic (exact) mass is 253 g/mol. The first kappa shape index (κ1) is 14.8. The van der Waals surface area contributed by atoms with Crippen molar-refractivity contribution in [2.75, 3.05) is 12.3 Å². The van der Waals surface area contributed by atoms with Crippen LogP contribution in [0.5, 0.6) is 5.75 Å². The number of nitrogens with two attached hydrogens (primary N) is 1. The minimum absolute atomic E-state index is 0.307. The van der Waals surface area contributed by atoms with Crippen molar-refractivity contribution in [3.05, 3.63) is 24.0 Å². The standard InChI is InChI=1S/C15H24FNO/c1-2-3-4-5-6-7-8-11-18-15-12-13(16)9-10-14(15)17/h9-10,12H,2-8,11,17H2,1H3. The quantitative estimate of drug-likeness (QED) is 0.518. The summed E-state index contributed by atoms with van der Waals surface area (Å²) in [5.41, 5.74) is 6.19. The van der Waals surface area contributed by atoms with Crippen molar-refractivity contribution in [2.24, 2.45) is 0 Å². The molecule has 1 rings (SSSR count). The smallest absolute Gasteiger partial charge is 0.145 e. The lowest BCUT2D eigenvalue weighted by molar-refractivity contribution is 0.304. The van der Waals surface area contributed by atoms with Gasteiger partial charge >= 0.3 is 0 Å². The normalized spacial score (nSPS) is 10.6. The molecule has 2 nitrogen and oxygen atoms in total. The van der Waals surface area contributed by atoms with Crippen molar-refractivity contribution < 1.29 is 9.13 Å². The Balaban J connectivity index is 2.09. The van der Waals surface area contributed by atoms with Crippen LogP contribution in [0.1, 0.15) is 51.9 Å². The Morgan fingerprint density at radius 3 is 2.44 bits per heavy atom. The zero-order valence-corrected chi connectivity index (χ0v) is 11.3. The van der Waals surface area contributed by atoms with Crippen LogP contribution in [0.3, 0.4) is 0 Å². The zero-order valence-electron chi connectivity index (χ0n) is 11.3. The number of nitrogen functional groups attached to an aromatic ring is 1. The summed E-state index contributed by atoms with van der Waals surface area (Å²) >= 11 is 0. The van der Waals surface area contributed by atoms with Crippen LogP contribution in [0.25, 0.3) is 0 Å². The minimum Gasteiger partial charge on any atom is -0.491 e. The molecule has 0 radical (unpaired) electrons. The fourth-order valence-corrected chi connectivity index (χ4v) is 1.87. The molecule has 18 heavy (non-hydrogen) atoms. The second kappa shape index (κ2) is 8.78. The van der Waals surface area contributed by atoms with Gasteiger partial charge in [0, 0.05) is 6.07 Å². The van der Waals surface area contributed by atoms with Gasteiger partial charge in [-0.15, -0.1) is 0 Å². The van der Waals surface area contributed by atoms with Crippen molar-refractivity contribution >= 4 is 5.69 Å². The first-order valence-electron chi connectivity index (χ1n) is 6.92. The van der Waals surface area contributed by atoms with Gasteiger partial charge in [0.15, 0.2) is 0 Å². The molecule has 0 heterocycles. The Morgan fingerprint density at radius 1 is 1.06 bits per heavy atom. The van der Waals surface area contributed by atoms with Gasteiger partial charge in [-0.05, 0) is 18.6 Å². The van der Waals surface area contributed by atoms with Crippen molar-refractivity contribution in [2.45, 2.75) is 51.9 Å². The summed E-state index contributed by atoms with van der Waals surface area (Å²) in [4.78, 5) is 0. The Labute approximate surface area is 109 Å². The first-order valence-corrected chi connectivity index (χ1v) is 6.92. The predicted molar refractivity (Wildman–Crippen MR) is 74.3 cm³/mol. The van der Waals surface area contributed by atoms with E-state index in [1.165, 1.54) is 56.7 Å². The molecule has 0 fully saturated rings. The van der Waals surface area contributed by atoms with Crippen molar-refractivity contribution in [1.82, 2.24) is 0 Å². The Hall–Kier alpha value is -1.25. The molecular weight excluding hydrogens is 229 g/mol. The molecule has 0 aliphatic heterocycles. The maximum atomic E-state index is 13.0.